The summed E-state index contributed by atoms with van der Waals surface area (Å²) >= 11 is 3.26. The number of aromatic amines is 1. The number of imidazole rings is 1. The Morgan fingerprint density at radius 1 is 1.44 bits per heavy atom. The third-order valence-electron chi connectivity index (χ3n) is 2.69. The minimum absolute atomic E-state index is 0.152. The van der Waals surface area contributed by atoms with E-state index in [1.807, 2.05) is 11.5 Å². The van der Waals surface area contributed by atoms with Crippen LogP contribution in [0, 0.1) is 0 Å². The van der Waals surface area contributed by atoms with Crippen molar-refractivity contribution in [2.75, 3.05) is 0 Å². The minimum atomic E-state index is -0.152. The van der Waals surface area contributed by atoms with Gasteiger partial charge in [-0.2, -0.15) is 0 Å². The van der Waals surface area contributed by atoms with Gasteiger partial charge in [-0.15, -0.1) is 0 Å². The molecule has 0 bridgehead atoms. The Kier molecular flexibility index (Phi) is 3.96. The van der Waals surface area contributed by atoms with Crippen molar-refractivity contribution in [3.8, 4) is 11.5 Å². The third kappa shape index (κ3) is 2.38. The Hall–Kier alpha value is -1.43. The molecule has 0 spiro atoms. The monoisotopic (exact) mass is 310 g/mol. The van der Waals surface area contributed by atoms with Gasteiger partial charge < -0.3 is 9.55 Å². The second-order valence-electron chi connectivity index (χ2n) is 4.00. The van der Waals surface area contributed by atoms with Gasteiger partial charge in [0.2, 0.25) is 0 Å². The summed E-state index contributed by atoms with van der Waals surface area (Å²) in [5, 5.41) is 0. The highest BCUT2D eigenvalue weighted by atomic mass is 79.9. The lowest BCUT2D eigenvalue weighted by Gasteiger charge is -2.07. The fourth-order valence-electron chi connectivity index (χ4n) is 1.80. The van der Waals surface area contributed by atoms with Gasteiger partial charge in [0.1, 0.15) is 10.2 Å². The molecule has 1 N–H and O–H groups in total. The van der Waals surface area contributed by atoms with Crippen LogP contribution < -0.4 is 5.56 Å². The lowest BCUT2D eigenvalue weighted by molar-refractivity contribution is 0.680. The van der Waals surface area contributed by atoms with E-state index < -0.39 is 0 Å². The number of nitrogens with zero attached hydrogens (tertiary/aromatic N) is 3. The van der Waals surface area contributed by atoms with Crippen LogP contribution in [0.4, 0.5) is 0 Å². The zero-order valence-corrected chi connectivity index (χ0v) is 12.0. The molecule has 2 rings (SSSR count). The number of halogens is 1. The second-order valence-corrected chi connectivity index (χ2v) is 4.79. The SMILES string of the molecule is CCCn1cncc1-c1nc(CC)c(Br)c(=O)[nH]1. The highest BCUT2D eigenvalue weighted by molar-refractivity contribution is 9.10. The van der Waals surface area contributed by atoms with Crippen molar-refractivity contribution in [3.63, 3.8) is 0 Å². The lowest BCUT2D eigenvalue weighted by Crippen LogP contribution is -2.14. The molecule has 2 heterocycles. The molecule has 0 aromatic carbocycles. The first-order valence-corrected chi connectivity index (χ1v) is 6.75. The maximum absolute atomic E-state index is 11.8. The Morgan fingerprint density at radius 3 is 2.89 bits per heavy atom. The van der Waals surface area contributed by atoms with E-state index in [0.29, 0.717) is 16.7 Å². The molecule has 0 atom stereocenters. The summed E-state index contributed by atoms with van der Waals surface area (Å²) in [4.78, 5) is 23.2. The van der Waals surface area contributed by atoms with Gasteiger partial charge in [0, 0.05) is 6.54 Å². The summed E-state index contributed by atoms with van der Waals surface area (Å²) in [6.07, 6.45) is 5.19. The largest absolute Gasteiger partial charge is 0.328 e. The van der Waals surface area contributed by atoms with E-state index in [4.69, 9.17) is 0 Å². The van der Waals surface area contributed by atoms with Crippen molar-refractivity contribution < 1.29 is 0 Å². The van der Waals surface area contributed by atoms with Gasteiger partial charge in [-0.05, 0) is 28.8 Å². The number of hydrogen-bond acceptors (Lipinski definition) is 3. The molecular weight excluding hydrogens is 296 g/mol. The van der Waals surface area contributed by atoms with E-state index in [2.05, 4.69) is 37.8 Å². The molecule has 6 heteroatoms. The molecule has 5 nitrogen and oxygen atoms in total. The Labute approximate surface area is 113 Å². The number of H-pyrrole nitrogens is 1. The smallest absolute Gasteiger partial charge is 0.265 e. The first-order valence-electron chi connectivity index (χ1n) is 5.96. The molecule has 0 aliphatic carbocycles. The zero-order valence-electron chi connectivity index (χ0n) is 10.4. The number of aromatic nitrogens is 4. The molecule has 96 valence electrons. The van der Waals surface area contributed by atoms with Gasteiger partial charge in [0.05, 0.1) is 18.2 Å². The maximum Gasteiger partial charge on any atom is 0.265 e. The first-order chi connectivity index (χ1) is 8.67. The fraction of sp³-hybridized carbons (Fsp3) is 0.417. The van der Waals surface area contributed by atoms with Gasteiger partial charge >= 0.3 is 0 Å². The fourth-order valence-corrected chi connectivity index (χ4v) is 2.27. The van der Waals surface area contributed by atoms with Crippen LogP contribution in [-0.2, 0) is 13.0 Å². The topological polar surface area (TPSA) is 63.6 Å². The van der Waals surface area contributed by atoms with Crippen LogP contribution in [0.5, 0.6) is 0 Å². The summed E-state index contributed by atoms with van der Waals surface area (Å²) in [6, 6.07) is 0. The van der Waals surface area contributed by atoms with Crippen LogP contribution in [0.15, 0.2) is 21.8 Å². The van der Waals surface area contributed by atoms with E-state index in [1.54, 1.807) is 12.5 Å². The molecule has 0 aliphatic rings. The molecule has 2 aromatic heterocycles. The molecule has 0 radical (unpaired) electrons. The number of rotatable bonds is 4. The van der Waals surface area contributed by atoms with Crippen LogP contribution >= 0.6 is 15.9 Å². The van der Waals surface area contributed by atoms with Gasteiger partial charge in [-0.25, -0.2) is 9.97 Å². The van der Waals surface area contributed by atoms with Crippen molar-refractivity contribution in [3.05, 3.63) is 33.0 Å². The normalized spacial score (nSPS) is 10.8. The van der Waals surface area contributed by atoms with Crippen molar-refractivity contribution >= 4 is 15.9 Å². The van der Waals surface area contributed by atoms with Gasteiger partial charge in [0.15, 0.2) is 5.82 Å². The quantitative estimate of drug-likeness (QED) is 0.943. The number of nitrogens with one attached hydrogen (secondary N) is 1. The van der Waals surface area contributed by atoms with Crippen molar-refractivity contribution in [1.29, 1.82) is 0 Å². The van der Waals surface area contributed by atoms with Crippen LogP contribution in [0.25, 0.3) is 11.5 Å². The van der Waals surface area contributed by atoms with E-state index >= 15 is 0 Å². The predicted octanol–water partition coefficient (Wildman–Crippen LogP) is 2.37. The van der Waals surface area contributed by atoms with Crippen LogP contribution in [0.3, 0.4) is 0 Å². The molecule has 0 saturated heterocycles. The molecule has 2 aromatic rings. The second kappa shape index (κ2) is 5.48. The van der Waals surface area contributed by atoms with E-state index in [1.165, 1.54) is 0 Å². The van der Waals surface area contributed by atoms with Crippen LogP contribution in [0.2, 0.25) is 0 Å². The minimum Gasteiger partial charge on any atom is -0.328 e. The lowest BCUT2D eigenvalue weighted by atomic mass is 10.3. The van der Waals surface area contributed by atoms with Gasteiger partial charge in [0.25, 0.3) is 5.56 Å². The summed E-state index contributed by atoms with van der Waals surface area (Å²) < 4.78 is 2.50. The van der Waals surface area contributed by atoms with Crippen molar-refractivity contribution in [1.82, 2.24) is 19.5 Å². The van der Waals surface area contributed by atoms with Crippen LogP contribution in [0.1, 0.15) is 26.0 Å². The Morgan fingerprint density at radius 2 is 2.22 bits per heavy atom. The average molecular weight is 311 g/mol. The van der Waals surface area contributed by atoms with Crippen molar-refractivity contribution in [2.24, 2.45) is 0 Å². The van der Waals surface area contributed by atoms with Gasteiger partial charge in [-0.1, -0.05) is 13.8 Å². The highest BCUT2D eigenvalue weighted by Gasteiger charge is 2.12. The Bertz CT molecular complexity index is 602. The number of aryl methyl sites for hydroxylation is 2. The van der Waals surface area contributed by atoms with Crippen molar-refractivity contribution in [2.45, 2.75) is 33.2 Å². The molecule has 0 unspecified atom stereocenters. The summed E-state index contributed by atoms with van der Waals surface area (Å²) in [5.41, 5.74) is 1.45. The Balaban J connectivity index is 2.54. The molecule has 0 aliphatic heterocycles. The van der Waals surface area contributed by atoms with Gasteiger partial charge in [-0.3, -0.25) is 4.79 Å². The highest BCUT2D eigenvalue weighted by Crippen LogP contribution is 2.17. The molecule has 0 amide bonds. The molecule has 18 heavy (non-hydrogen) atoms. The van der Waals surface area contributed by atoms with E-state index in [0.717, 1.165) is 24.4 Å². The molecule has 0 fully saturated rings. The standard InChI is InChI=1S/C12H15BrN4O/c1-3-5-17-7-14-6-9(17)11-15-8(4-2)10(13)12(18)16-11/h6-7H,3-5H2,1-2H3,(H,15,16,18). The predicted molar refractivity (Wildman–Crippen MR) is 73.4 cm³/mol. The zero-order chi connectivity index (χ0) is 13.1. The maximum atomic E-state index is 11.8. The summed E-state index contributed by atoms with van der Waals surface area (Å²) in [5.74, 6) is 0.575. The molecule has 0 saturated carbocycles. The number of hydrogen-bond donors (Lipinski definition) is 1. The van der Waals surface area contributed by atoms with E-state index in [9.17, 15) is 4.79 Å². The first kappa shape index (κ1) is 13.0. The van der Waals surface area contributed by atoms with E-state index in [-0.39, 0.29) is 5.56 Å². The average Bonchev–Trinajstić information content (AvgIpc) is 2.81. The third-order valence-corrected chi connectivity index (χ3v) is 3.50. The van der Waals surface area contributed by atoms with Crippen LogP contribution in [-0.4, -0.2) is 19.5 Å². The summed E-state index contributed by atoms with van der Waals surface area (Å²) in [6.45, 7) is 4.93. The molecular formula is C12H15BrN4O. The summed E-state index contributed by atoms with van der Waals surface area (Å²) in [7, 11) is 0.